The number of carbonyl (C=O) groups is 1. The lowest BCUT2D eigenvalue weighted by Crippen LogP contribution is -2.28. The number of amides is 2. The minimum Gasteiger partial charge on any atom is -0.383 e. The zero-order chi connectivity index (χ0) is 16.5. The van der Waals surface area contributed by atoms with E-state index in [1.54, 1.807) is 31.3 Å². The summed E-state index contributed by atoms with van der Waals surface area (Å²) >= 11 is 0. The molecule has 7 heteroatoms. The fourth-order valence-corrected chi connectivity index (χ4v) is 2.11. The van der Waals surface area contributed by atoms with Crippen LogP contribution in [0.1, 0.15) is 11.1 Å². The van der Waals surface area contributed by atoms with E-state index in [4.69, 9.17) is 9.47 Å². The first-order valence-electron chi connectivity index (χ1n) is 7.35. The molecule has 2 N–H and O–H groups in total. The van der Waals surface area contributed by atoms with Gasteiger partial charge in [0.1, 0.15) is 0 Å². The van der Waals surface area contributed by atoms with Crippen molar-refractivity contribution in [3.63, 3.8) is 0 Å². The van der Waals surface area contributed by atoms with Crippen molar-refractivity contribution in [3.05, 3.63) is 47.8 Å². The van der Waals surface area contributed by atoms with E-state index in [1.165, 1.54) is 0 Å². The van der Waals surface area contributed by atoms with Gasteiger partial charge in [-0.2, -0.15) is 5.10 Å². The minimum atomic E-state index is -0.275. The molecule has 0 aliphatic carbocycles. The summed E-state index contributed by atoms with van der Waals surface area (Å²) in [6.45, 7) is 2.17. The zero-order valence-electron chi connectivity index (χ0n) is 13.4. The number of aromatic nitrogens is 2. The van der Waals surface area contributed by atoms with Gasteiger partial charge in [-0.15, -0.1) is 0 Å². The first kappa shape index (κ1) is 17.0. The van der Waals surface area contributed by atoms with E-state index in [-0.39, 0.29) is 6.03 Å². The monoisotopic (exact) mass is 318 g/mol. The molecule has 0 saturated carbocycles. The maximum Gasteiger partial charge on any atom is 0.319 e. The summed E-state index contributed by atoms with van der Waals surface area (Å²) in [6, 6.07) is 7.57. The van der Waals surface area contributed by atoms with E-state index < -0.39 is 0 Å². The van der Waals surface area contributed by atoms with Crippen molar-refractivity contribution < 1.29 is 14.3 Å². The van der Waals surface area contributed by atoms with Gasteiger partial charge in [0, 0.05) is 27.0 Å². The molecular formula is C16H22N4O3. The van der Waals surface area contributed by atoms with Crippen molar-refractivity contribution in [2.75, 3.05) is 26.1 Å². The van der Waals surface area contributed by atoms with E-state index in [1.807, 2.05) is 24.3 Å². The zero-order valence-corrected chi connectivity index (χ0v) is 13.4. The lowest BCUT2D eigenvalue weighted by Gasteiger charge is -2.10. The van der Waals surface area contributed by atoms with Crippen LogP contribution < -0.4 is 10.6 Å². The Labute approximate surface area is 135 Å². The number of urea groups is 1. The second-order valence-corrected chi connectivity index (χ2v) is 4.99. The molecule has 0 spiro atoms. The number of methoxy groups -OCH3 is 2. The summed E-state index contributed by atoms with van der Waals surface area (Å²) in [5.74, 6) is 0. The first-order valence-corrected chi connectivity index (χ1v) is 7.35. The molecule has 1 aromatic carbocycles. The molecule has 7 nitrogen and oxygen atoms in total. The third-order valence-electron chi connectivity index (χ3n) is 3.27. The minimum absolute atomic E-state index is 0.275. The van der Waals surface area contributed by atoms with E-state index in [0.717, 1.165) is 11.1 Å². The number of carbonyl (C=O) groups excluding carboxylic acids is 1. The van der Waals surface area contributed by atoms with Gasteiger partial charge in [-0.05, 0) is 11.1 Å². The molecule has 2 rings (SSSR count). The Kier molecular flexibility index (Phi) is 6.58. The number of benzene rings is 1. The van der Waals surface area contributed by atoms with Gasteiger partial charge in [0.15, 0.2) is 0 Å². The normalized spacial score (nSPS) is 10.5. The smallest absolute Gasteiger partial charge is 0.319 e. The van der Waals surface area contributed by atoms with Crippen LogP contribution in [0.25, 0.3) is 0 Å². The van der Waals surface area contributed by atoms with Crippen LogP contribution in [0.4, 0.5) is 10.5 Å². The van der Waals surface area contributed by atoms with Gasteiger partial charge < -0.3 is 20.1 Å². The van der Waals surface area contributed by atoms with E-state index in [0.29, 0.717) is 32.0 Å². The van der Waals surface area contributed by atoms with E-state index in [9.17, 15) is 4.79 Å². The van der Waals surface area contributed by atoms with Crippen LogP contribution >= 0.6 is 0 Å². The molecule has 0 aliphatic heterocycles. The molecular weight excluding hydrogens is 296 g/mol. The molecule has 1 heterocycles. The lowest BCUT2D eigenvalue weighted by molar-refractivity contribution is 0.183. The van der Waals surface area contributed by atoms with E-state index in [2.05, 4.69) is 15.7 Å². The molecule has 1 aromatic heterocycles. The number of anilines is 1. The van der Waals surface area contributed by atoms with Gasteiger partial charge in [0.2, 0.25) is 0 Å². The third kappa shape index (κ3) is 5.39. The predicted octanol–water partition coefficient (Wildman–Crippen LogP) is 2.00. The van der Waals surface area contributed by atoms with Gasteiger partial charge in [-0.25, -0.2) is 4.79 Å². The highest BCUT2D eigenvalue weighted by Gasteiger charge is 2.06. The van der Waals surface area contributed by atoms with Crippen LogP contribution in [0.15, 0.2) is 36.7 Å². The molecule has 0 fully saturated rings. The standard InChI is InChI=1S/C16H22N4O3/c1-22-8-7-20-11-15(10-18-20)19-16(21)17-9-13-5-3-4-6-14(13)12-23-2/h3-6,10-11H,7-9,12H2,1-2H3,(H2,17,19,21). The van der Waals surface area contributed by atoms with Crippen LogP contribution in [0.2, 0.25) is 0 Å². The molecule has 2 amide bonds. The van der Waals surface area contributed by atoms with Crippen molar-refractivity contribution in [2.24, 2.45) is 0 Å². The third-order valence-corrected chi connectivity index (χ3v) is 3.27. The van der Waals surface area contributed by atoms with Gasteiger partial charge in [0.05, 0.1) is 31.6 Å². The fourth-order valence-electron chi connectivity index (χ4n) is 2.11. The SMILES string of the molecule is COCCn1cc(NC(=O)NCc2ccccc2COC)cn1. The van der Waals surface area contributed by atoms with Crippen molar-refractivity contribution >= 4 is 11.7 Å². The van der Waals surface area contributed by atoms with Gasteiger partial charge >= 0.3 is 6.03 Å². The Hall–Kier alpha value is -2.38. The Bertz CT molecular complexity index is 627. The number of rotatable bonds is 8. The van der Waals surface area contributed by atoms with Gasteiger partial charge in [0.25, 0.3) is 0 Å². The van der Waals surface area contributed by atoms with Crippen molar-refractivity contribution in [1.29, 1.82) is 0 Å². The second-order valence-electron chi connectivity index (χ2n) is 4.99. The van der Waals surface area contributed by atoms with Gasteiger partial charge in [-0.1, -0.05) is 24.3 Å². The highest BCUT2D eigenvalue weighted by Crippen LogP contribution is 2.10. The molecule has 124 valence electrons. The van der Waals surface area contributed by atoms with Crippen LogP contribution in [0.5, 0.6) is 0 Å². The van der Waals surface area contributed by atoms with Crippen molar-refractivity contribution in [2.45, 2.75) is 19.7 Å². The number of nitrogens with zero attached hydrogens (tertiary/aromatic N) is 2. The van der Waals surface area contributed by atoms with Crippen molar-refractivity contribution in [3.8, 4) is 0 Å². The average Bonchev–Trinajstić information content (AvgIpc) is 3.00. The van der Waals surface area contributed by atoms with Crippen LogP contribution in [0.3, 0.4) is 0 Å². The topological polar surface area (TPSA) is 77.4 Å². The second kappa shape index (κ2) is 8.92. The van der Waals surface area contributed by atoms with Gasteiger partial charge in [-0.3, -0.25) is 4.68 Å². The first-order chi connectivity index (χ1) is 11.2. The summed E-state index contributed by atoms with van der Waals surface area (Å²) < 4.78 is 11.9. The summed E-state index contributed by atoms with van der Waals surface area (Å²) in [5, 5.41) is 9.73. The summed E-state index contributed by atoms with van der Waals surface area (Å²) in [7, 11) is 3.29. The average molecular weight is 318 g/mol. The lowest BCUT2D eigenvalue weighted by atomic mass is 10.1. The maximum absolute atomic E-state index is 12.0. The van der Waals surface area contributed by atoms with Crippen LogP contribution in [-0.4, -0.2) is 36.6 Å². The summed E-state index contributed by atoms with van der Waals surface area (Å²) in [4.78, 5) is 12.0. The Balaban J connectivity index is 1.84. The fraction of sp³-hybridized carbons (Fsp3) is 0.375. The molecule has 0 bridgehead atoms. The highest BCUT2D eigenvalue weighted by molar-refractivity contribution is 5.88. The summed E-state index contributed by atoms with van der Waals surface area (Å²) in [6.07, 6.45) is 3.37. The predicted molar refractivity (Wildman–Crippen MR) is 87.1 cm³/mol. The van der Waals surface area contributed by atoms with E-state index >= 15 is 0 Å². The molecule has 23 heavy (non-hydrogen) atoms. The Morgan fingerprint density at radius 2 is 2.00 bits per heavy atom. The molecule has 0 radical (unpaired) electrons. The number of hydrogen-bond donors (Lipinski definition) is 2. The largest absolute Gasteiger partial charge is 0.383 e. The molecule has 0 aliphatic rings. The Morgan fingerprint density at radius 1 is 1.22 bits per heavy atom. The number of ether oxygens (including phenoxy) is 2. The number of hydrogen-bond acceptors (Lipinski definition) is 4. The molecule has 2 aromatic rings. The highest BCUT2D eigenvalue weighted by atomic mass is 16.5. The molecule has 0 saturated heterocycles. The van der Waals surface area contributed by atoms with Crippen LogP contribution in [0, 0.1) is 0 Å². The molecule has 0 unspecified atom stereocenters. The van der Waals surface area contributed by atoms with Crippen LogP contribution in [-0.2, 0) is 29.2 Å². The number of nitrogens with one attached hydrogen (secondary N) is 2. The quantitative estimate of drug-likeness (QED) is 0.780. The summed E-state index contributed by atoms with van der Waals surface area (Å²) in [5.41, 5.74) is 2.73. The Morgan fingerprint density at radius 3 is 2.74 bits per heavy atom. The van der Waals surface area contributed by atoms with Crippen molar-refractivity contribution in [1.82, 2.24) is 15.1 Å². The maximum atomic E-state index is 12.0. The molecule has 0 atom stereocenters.